The van der Waals surface area contributed by atoms with E-state index in [0.717, 1.165) is 18.2 Å². The Kier molecular flexibility index (Phi) is 4.46. The van der Waals surface area contributed by atoms with Crippen LogP contribution in [-0.4, -0.2) is 6.54 Å². The fourth-order valence-electron chi connectivity index (χ4n) is 2.68. The Balaban J connectivity index is 1.81. The Bertz CT molecular complexity index is 428. The van der Waals surface area contributed by atoms with Gasteiger partial charge in [0.2, 0.25) is 0 Å². The zero-order valence-corrected chi connectivity index (χ0v) is 10.8. The van der Waals surface area contributed by atoms with Crippen molar-refractivity contribution in [1.82, 2.24) is 0 Å². The van der Waals surface area contributed by atoms with E-state index in [9.17, 15) is 0 Å². The van der Waals surface area contributed by atoms with Crippen LogP contribution in [0.3, 0.4) is 0 Å². The highest BCUT2D eigenvalue weighted by atomic mass is 14.9. The van der Waals surface area contributed by atoms with E-state index in [0.29, 0.717) is 11.3 Å². The summed E-state index contributed by atoms with van der Waals surface area (Å²) in [6, 6.07) is 7.52. The fourth-order valence-corrected chi connectivity index (χ4v) is 2.68. The van der Waals surface area contributed by atoms with E-state index in [4.69, 9.17) is 11.0 Å². The van der Waals surface area contributed by atoms with Crippen LogP contribution in [0.2, 0.25) is 0 Å². The third-order valence-corrected chi connectivity index (χ3v) is 3.77. The number of nitrogens with two attached hydrogens (primary N) is 1. The van der Waals surface area contributed by atoms with Gasteiger partial charge in [0, 0.05) is 6.54 Å². The van der Waals surface area contributed by atoms with Crippen molar-refractivity contribution >= 4 is 11.4 Å². The molecule has 1 aliphatic rings. The van der Waals surface area contributed by atoms with Crippen LogP contribution in [0.25, 0.3) is 0 Å². The van der Waals surface area contributed by atoms with Gasteiger partial charge in [-0.3, -0.25) is 0 Å². The Hall–Kier alpha value is -1.69. The van der Waals surface area contributed by atoms with Gasteiger partial charge in [0.1, 0.15) is 0 Å². The molecule has 1 fully saturated rings. The van der Waals surface area contributed by atoms with Crippen molar-refractivity contribution in [1.29, 1.82) is 5.26 Å². The predicted octanol–water partition coefficient (Wildman–Crippen LogP) is 3.52. The molecule has 3 heteroatoms. The summed E-state index contributed by atoms with van der Waals surface area (Å²) in [5.41, 5.74) is 8.13. The lowest BCUT2D eigenvalue weighted by Gasteiger charge is -2.21. The van der Waals surface area contributed by atoms with Crippen LogP contribution in [0.4, 0.5) is 11.4 Å². The predicted molar refractivity (Wildman–Crippen MR) is 75.3 cm³/mol. The van der Waals surface area contributed by atoms with E-state index in [1.54, 1.807) is 12.1 Å². The second-order valence-electron chi connectivity index (χ2n) is 5.13. The van der Waals surface area contributed by atoms with Crippen LogP contribution in [0.1, 0.15) is 44.1 Å². The monoisotopic (exact) mass is 243 g/mol. The summed E-state index contributed by atoms with van der Waals surface area (Å²) in [5.74, 6) is 0.880. The number of benzene rings is 1. The molecule has 18 heavy (non-hydrogen) atoms. The summed E-state index contributed by atoms with van der Waals surface area (Å²) in [6.45, 7) is 0.973. The molecule has 0 aliphatic heterocycles. The van der Waals surface area contributed by atoms with Crippen molar-refractivity contribution in [3.05, 3.63) is 23.8 Å². The number of hydrogen-bond donors (Lipinski definition) is 2. The van der Waals surface area contributed by atoms with Crippen LogP contribution in [0.15, 0.2) is 18.2 Å². The van der Waals surface area contributed by atoms with E-state index in [-0.39, 0.29) is 0 Å². The number of hydrogen-bond acceptors (Lipinski definition) is 3. The Morgan fingerprint density at radius 1 is 1.28 bits per heavy atom. The molecular formula is C15H21N3. The van der Waals surface area contributed by atoms with Gasteiger partial charge in [-0.2, -0.15) is 5.26 Å². The maximum absolute atomic E-state index is 8.77. The molecule has 1 aliphatic carbocycles. The first-order chi connectivity index (χ1) is 8.79. The number of nitrogen functional groups attached to an aromatic ring is 1. The zero-order chi connectivity index (χ0) is 12.8. The summed E-state index contributed by atoms with van der Waals surface area (Å²) in [6.07, 6.45) is 8.17. The van der Waals surface area contributed by atoms with Crippen molar-refractivity contribution in [2.24, 2.45) is 5.92 Å². The van der Waals surface area contributed by atoms with E-state index in [1.807, 2.05) is 6.07 Å². The quantitative estimate of drug-likeness (QED) is 0.795. The minimum Gasteiger partial charge on any atom is -0.397 e. The summed E-state index contributed by atoms with van der Waals surface area (Å²) < 4.78 is 0. The van der Waals surface area contributed by atoms with Gasteiger partial charge in [-0.05, 0) is 30.5 Å². The normalized spacial score (nSPS) is 16.2. The van der Waals surface area contributed by atoms with Crippen molar-refractivity contribution in [2.75, 3.05) is 17.6 Å². The molecule has 0 atom stereocenters. The summed E-state index contributed by atoms with van der Waals surface area (Å²) in [5, 5.41) is 12.2. The Morgan fingerprint density at radius 2 is 2.06 bits per heavy atom. The van der Waals surface area contributed by atoms with Gasteiger partial charge in [-0.1, -0.05) is 32.1 Å². The molecule has 0 bridgehead atoms. The molecule has 96 valence electrons. The van der Waals surface area contributed by atoms with Crippen molar-refractivity contribution in [2.45, 2.75) is 38.5 Å². The van der Waals surface area contributed by atoms with Crippen LogP contribution < -0.4 is 11.1 Å². The van der Waals surface area contributed by atoms with E-state index >= 15 is 0 Å². The van der Waals surface area contributed by atoms with Crippen LogP contribution in [0, 0.1) is 17.2 Å². The fraction of sp³-hybridized carbons (Fsp3) is 0.533. The van der Waals surface area contributed by atoms with Crippen molar-refractivity contribution in [3.8, 4) is 6.07 Å². The molecule has 3 nitrogen and oxygen atoms in total. The first-order valence-electron chi connectivity index (χ1n) is 6.83. The van der Waals surface area contributed by atoms with E-state index in [1.165, 1.54) is 38.5 Å². The minimum atomic E-state index is 0.616. The SMILES string of the molecule is N#Cc1ccc(NCCC2CCCCC2)c(N)c1. The van der Waals surface area contributed by atoms with Crippen LogP contribution in [-0.2, 0) is 0 Å². The minimum absolute atomic E-state index is 0.616. The van der Waals surface area contributed by atoms with E-state index in [2.05, 4.69) is 11.4 Å². The van der Waals surface area contributed by atoms with Gasteiger partial charge in [0.05, 0.1) is 23.0 Å². The van der Waals surface area contributed by atoms with Crippen LogP contribution >= 0.6 is 0 Å². The number of nitriles is 1. The number of anilines is 2. The average Bonchev–Trinajstić information content (AvgIpc) is 2.42. The molecule has 0 amide bonds. The largest absolute Gasteiger partial charge is 0.397 e. The highest BCUT2D eigenvalue weighted by Gasteiger charge is 2.12. The first kappa shape index (κ1) is 12.8. The molecule has 0 saturated heterocycles. The maximum atomic E-state index is 8.77. The highest BCUT2D eigenvalue weighted by molar-refractivity contribution is 5.68. The second-order valence-corrected chi connectivity index (χ2v) is 5.13. The van der Waals surface area contributed by atoms with Gasteiger partial charge in [-0.15, -0.1) is 0 Å². The highest BCUT2D eigenvalue weighted by Crippen LogP contribution is 2.26. The third kappa shape index (κ3) is 3.40. The number of rotatable bonds is 4. The maximum Gasteiger partial charge on any atom is 0.0992 e. The Morgan fingerprint density at radius 3 is 2.72 bits per heavy atom. The van der Waals surface area contributed by atoms with Gasteiger partial charge < -0.3 is 11.1 Å². The summed E-state index contributed by atoms with van der Waals surface area (Å²) in [4.78, 5) is 0. The third-order valence-electron chi connectivity index (χ3n) is 3.77. The molecule has 0 radical (unpaired) electrons. The standard InChI is InChI=1S/C15H21N3/c16-11-13-6-7-15(14(17)10-13)18-9-8-12-4-2-1-3-5-12/h6-7,10,12,18H,1-5,8-9,17H2. The van der Waals surface area contributed by atoms with E-state index < -0.39 is 0 Å². The molecule has 1 aromatic rings. The van der Waals surface area contributed by atoms with Gasteiger partial charge >= 0.3 is 0 Å². The topological polar surface area (TPSA) is 61.8 Å². The van der Waals surface area contributed by atoms with Crippen molar-refractivity contribution < 1.29 is 0 Å². The van der Waals surface area contributed by atoms with Gasteiger partial charge in [0.15, 0.2) is 0 Å². The molecule has 0 unspecified atom stereocenters. The molecule has 0 aromatic heterocycles. The zero-order valence-electron chi connectivity index (χ0n) is 10.8. The molecule has 0 spiro atoms. The number of nitrogens with one attached hydrogen (secondary N) is 1. The van der Waals surface area contributed by atoms with Crippen molar-refractivity contribution in [3.63, 3.8) is 0 Å². The molecule has 0 heterocycles. The lowest BCUT2D eigenvalue weighted by atomic mass is 9.87. The summed E-state index contributed by atoms with van der Waals surface area (Å²) >= 11 is 0. The van der Waals surface area contributed by atoms with Crippen LogP contribution in [0.5, 0.6) is 0 Å². The van der Waals surface area contributed by atoms with Gasteiger partial charge in [0.25, 0.3) is 0 Å². The first-order valence-corrected chi connectivity index (χ1v) is 6.83. The van der Waals surface area contributed by atoms with Gasteiger partial charge in [-0.25, -0.2) is 0 Å². The second kappa shape index (κ2) is 6.30. The molecule has 2 rings (SSSR count). The molecule has 1 saturated carbocycles. The molecule has 1 aromatic carbocycles. The summed E-state index contributed by atoms with van der Waals surface area (Å²) in [7, 11) is 0. The molecule has 3 N–H and O–H groups in total. The lowest BCUT2D eigenvalue weighted by molar-refractivity contribution is 0.345. The number of nitrogens with zero attached hydrogens (tertiary/aromatic N) is 1. The average molecular weight is 243 g/mol. The molecular weight excluding hydrogens is 222 g/mol. The lowest BCUT2D eigenvalue weighted by Crippen LogP contribution is -2.12. The Labute approximate surface area is 109 Å². The smallest absolute Gasteiger partial charge is 0.0992 e.